The van der Waals surface area contributed by atoms with Gasteiger partial charge in [0.1, 0.15) is 15.7 Å². The van der Waals surface area contributed by atoms with Crippen molar-refractivity contribution in [1.82, 2.24) is 9.59 Å². The lowest BCUT2D eigenvalue weighted by atomic mass is 10.1. The van der Waals surface area contributed by atoms with Crippen LogP contribution in [0.3, 0.4) is 0 Å². The number of nitrogens with zero attached hydrogens (tertiary/aromatic N) is 2. The number of carbonyl (C=O) groups is 1. The molecule has 0 aliphatic heterocycles. The number of anilines is 1. The molecule has 0 unspecified atom stereocenters. The van der Waals surface area contributed by atoms with Crippen LogP contribution in [0.5, 0.6) is 0 Å². The molecular weight excluding hydrogens is 311 g/mol. The summed E-state index contributed by atoms with van der Waals surface area (Å²) >= 11 is 5.81. The molecule has 0 aliphatic rings. The molecule has 0 fully saturated rings. The number of hydrogen-bond acceptors (Lipinski definition) is 5. The molecule has 1 heterocycles. The summed E-state index contributed by atoms with van der Waals surface area (Å²) in [5.74, 6) is -0.921. The highest BCUT2D eigenvalue weighted by Crippen LogP contribution is 2.23. The number of nitrogens with two attached hydrogens (primary N) is 1. The van der Waals surface area contributed by atoms with Gasteiger partial charge in [0.15, 0.2) is 0 Å². The second-order valence-corrected chi connectivity index (χ2v) is 5.82. The van der Waals surface area contributed by atoms with Gasteiger partial charge in [-0.2, -0.15) is 0 Å². The van der Waals surface area contributed by atoms with Crippen molar-refractivity contribution in [2.45, 2.75) is 19.8 Å². The Labute approximate surface area is 130 Å². The van der Waals surface area contributed by atoms with E-state index in [1.54, 1.807) is 6.07 Å². The van der Waals surface area contributed by atoms with Crippen molar-refractivity contribution < 1.29 is 9.18 Å². The first-order valence-electron chi connectivity index (χ1n) is 6.13. The number of carbonyl (C=O) groups excluding carboxylic acids is 1. The Bertz CT molecular complexity index is 699. The van der Waals surface area contributed by atoms with Crippen molar-refractivity contribution in [2.24, 2.45) is 5.73 Å². The Balaban J connectivity index is 2.34. The molecule has 0 bridgehead atoms. The molecule has 0 spiro atoms. The fraction of sp³-hybridized carbons (Fsp3) is 0.231. The van der Waals surface area contributed by atoms with Crippen LogP contribution in [-0.2, 0) is 0 Å². The average Bonchev–Trinajstić information content (AvgIpc) is 2.87. The van der Waals surface area contributed by atoms with Gasteiger partial charge in [-0.1, -0.05) is 36.6 Å². The first-order valence-corrected chi connectivity index (χ1v) is 7.32. The first-order chi connectivity index (χ1) is 9.91. The number of amides is 1. The van der Waals surface area contributed by atoms with Gasteiger partial charge in [-0.05, 0) is 29.6 Å². The van der Waals surface area contributed by atoms with E-state index in [9.17, 15) is 9.18 Å². The summed E-state index contributed by atoms with van der Waals surface area (Å²) in [5.41, 5.74) is 6.36. The Morgan fingerprint density at radius 1 is 1.48 bits per heavy atom. The predicted molar refractivity (Wildman–Crippen MR) is 84.2 cm³/mol. The SMILES string of the molecule is CC(C)c1nnsc1C(=O)Nc1cccc(F)c1C(N)=S. The molecule has 3 N–H and O–H groups in total. The lowest BCUT2D eigenvalue weighted by Gasteiger charge is -2.11. The highest BCUT2D eigenvalue weighted by Gasteiger charge is 2.20. The van der Waals surface area contributed by atoms with Crippen LogP contribution >= 0.6 is 23.8 Å². The number of thiocarbonyl (C=S) groups is 1. The number of halogens is 1. The van der Waals surface area contributed by atoms with Crippen LogP contribution in [0.2, 0.25) is 0 Å². The first kappa shape index (κ1) is 15.5. The van der Waals surface area contributed by atoms with Gasteiger partial charge in [0.05, 0.1) is 16.9 Å². The van der Waals surface area contributed by atoms with Crippen LogP contribution in [0.4, 0.5) is 10.1 Å². The minimum absolute atomic E-state index is 0.0180. The molecule has 1 aromatic carbocycles. The third kappa shape index (κ3) is 3.22. The van der Waals surface area contributed by atoms with E-state index in [1.165, 1.54) is 12.1 Å². The molecule has 2 aromatic rings. The van der Waals surface area contributed by atoms with Crippen LogP contribution in [0.1, 0.15) is 40.7 Å². The Kier molecular flexibility index (Phi) is 4.59. The summed E-state index contributed by atoms with van der Waals surface area (Å²) in [6, 6.07) is 4.25. The second-order valence-electron chi connectivity index (χ2n) is 4.62. The van der Waals surface area contributed by atoms with E-state index in [0.717, 1.165) is 11.5 Å². The molecule has 0 saturated carbocycles. The van der Waals surface area contributed by atoms with E-state index >= 15 is 0 Å². The smallest absolute Gasteiger partial charge is 0.269 e. The van der Waals surface area contributed by atoms with Gasteiger partial charge >= 0.3 is 0 Å². The van der Waals surface area contributed by atoms with Gasteiger partial charge in [0, 0.05) is 0 Å². The highest BCUT2D eigenvalue weighted by molar-refractivity contribution is 7.80. The van der Waals surface area contributed by atoms with Crippen molar-refractivity contribution in [3.05, 3.63) is 40.2 Å². The second kappa shape index (κ2) is 6.23. The fourth-order valence-electron chi connectivity index (χ4n) is 1.79. The molecular formula is C13H13FN4OS2. The molecule has 110 valence electrons. The van der Waals surface area contributed by atoms with Crippen molar-refractivity contribution in [2.75, 3.05) is 5.32 Å². The number of nitrogens with one attached hydrogen (secondary N) is 1. The standard InChI is InChI=1S/C13H13FN4OS2/c1-6(2)10-11(21-18-17-10)13(19)16-8-5-3-4-7(14)9(8)12(15)20/h3-6H,1-2H3,(H2,15,20)(H,16,19). The van der Waals surface area contributed by atoms with Crippen molar-refractivity contribution in [3.8, 4) is 0 Å². The third-order valence-corrected chi connectivity index (χ3v) is 3.72. The van der Waals surface area contributed by atoms with E-state index in [0.29, 0.717) is 10.6 Å². The van der Waals surface area contributed by atoms with E-state index in [-0.39, 0.29) is 22.2 Å². The minimum atomic E-state index is -0.577. The van der Waals surface area contributed by atoms with Gasteiger partial charge in [0.25, 0.3) is 5.91 Å². The molecule has 0 aliphatic carbocycles. The monoisotopic (exact) mass is 324 g/mol. The predicted octanol–water partition coefficient (Wildman–Crippen LogP) is 2.69. The summed E-state index contributed by atoms with van der Waals surface area (Å²) in [6.07, 6.45) is 0. The van der Waals surface area contributed by atoms with E-state index < -0.39 is 11.7 Å². The van der Waals surface area contributed by atoms with Crippen molar-refractivity contribution in [1.29, 1.82) is 0 Å². The largest absolute Gasteiger partial charge is 0.389 e. The van der Waals surface area contributed by atoms with Crippen molar-refractivity contribution >= 4 is 40.3 Å². The lowest BCUT2D eigenvalue weighted by molar-refractivity contribution is 0.102. The maximum absolute atomic E-state index is 13.8. The Morgan fingerprint density at radius 3 is 2.81 bits per heavy atom. The Morgan fingerprint density at radius 2 is 2.19 bits per heavy atom. The molecule has 1 aromatic heterocycles. The zero-order valence-electron chi connectivity index (χ0n) is 11.4. The van der Waals surface area contributed by atoms with Gasteiger partial charge < -0.3 is 11.1 Å². The minimum Gasteiger partial charge on any atom is -0.389 e. The number of aromatic nitrogens is 2. The summed E-state index contributed by atoms with van der Waals surface area (Å²) < 4.78 is 17.5. The number of hydrogen-bond donors (Lipinski definition) is 2. The van der Waals surface area contributed by atoms with Crippen LogP contribution in [-0.4, -0.2) is 20.5 Å². The average molecular weight is 324 g/mol. The van der Waals surface area contributed by atoms with Crippen LogP contribution < -0.4 is 11.1 Å². The molecule has 21 heavy (non-hydrogen) atoms. The molecule has 0 radical (unpaired) electrons. The summed E-state index contributed by atoms with van der Waals surface area (Å²) in [5, 5.41) is 6.55. The Hall–Kier alpha value is -1.93. The van der Waals surface area contributed by atoms with Gasteiger partial charge in [0.2, 0.25) is 0 Å². The molecule has 5 nitrogen and oxygen atoms in total. The quantitative estimate of drug-likeness (QED) is 0.845. The van der Waals surface area contributed by atoms with Gasteiger partial charge in [-0.15, -0.1) is 5.10 Å². The molecule has 0 saturated heterocycles. The topological polar surface area (TPSA) is 80.9 Å². The highest BCUT2D eigenvalue weighted by atomic mass is 32.1. The molecule has 8 heteroatoms. The molecule has 0 atom stereocenters. The van der Waals surface area contributed by atoms with Gasteiger partial charge in [-0.25, -0.2) is 4.39 Å². The molecule has 2 rings (SSSR count). The van der Waals surface area contributed by atoms with E-state index in [4.69, 9.17) is 18.0 Å². The maximum Gasteiger partial charge on any atom is 0.269 e. The third-order valence-electron chi connectivity index (χ3n) is 2.77. The summed E-state index contributed by atoms with van der Waals surface area (Å²) in [4.78, 5) is 12.6. The molecule has 1 amide bonds. The maximum atomic E-state index is 13.8. The number of benzene rings is 1. The lowest BCUT2D eigenvalue weighted by Crippen LogP contribution is -2.19. The van der Waals surface area contributed by atoms with Crippen LogP contribution in [0.15, 0.2) is 18.2 Å². The summed E-state index contributed by atoms with van der Waals surface area (Å²) in [6.45, 7) is 3.83. The van der Waals surface area contributed by atoms with Crippen LogP contribution in [0, 0.1) is 5.82 Å². The van der Waals surface area contributed by atoms with Crippen molar-refractivity contribution in [3.63, 3.8) is 0 Å². The van der Waals surface area contributed by atoms with E-state index in [2.05, 4.69) is 14.9 Å². The van der Waals surface area contributed by atoms with E-state index in [1.807, 2.05) is 13.8 Å². The zero-order chi connectivity index (χ0) is 15.6. The normalized spacial score (nSPS) is 10.7. The fourth-order valence-corrected chi connectivity index (χ4v) is 2.71. The number of rotatable bonds is 4. The zero-order valence-corrected chi connectivity index (χ0v) is 13.0. The summed E-state index contributed by atoms with van der Waals surface area (Å²) in [7, 11) is 0. The van der Waals surface area contributed by atoms with Crippen LogP contribution in [0.25, 0.3) is 0 Å². The van der Waals surface area contributed by atoms with Gasteiger partial charge in [-0.3, -0.25) is 4.79 Å².